The number of hydrogen-bond acceptors (Lipinski definition) is 0. The Morgan fingerprint density at radius 2 is 1.50 bits per heavy atom. The molecule has 0 fully saturated rings. The summed E-state index contributed by atoms with van der Waals surface area (Å²) >= 11 is 0. The summed E-state index contributed by atoms with van der Waals surface area (Å²) in [5.74, 6) is 0. The third-order valence-electron chi connectivity index (χ3n) is 5.94. The smallest absolute Gasteiger partial charge is 0.00206 e. The molecule has 0 heteroatoms. The fourth-order valence-electron chi connectivity index (χ4n) is 4.57. The van der Waals surface area contributed by atoms with Gasteiger partial charge in [0.25, 0.3) is 0 Å². The van der Waals surface area contributed by atoms with Gasteiger partial charge in [-0.2, -0.15) is 0 Å². The van der Waals surface area contributed by atoms with Gasteiger partial charge in [-0.3, -0.25) is 0 Å². The summed E-state index contributed by atoms with van der Waals surface area (Å²) in [6.07, 6.45) is 8.16. The highest BCUT2D eigenvalue weighted by Crippen LogP contribution is 2.39. The van der Waals surface area contributed by atoms with Crippen LogP contribution in [0.5, 0.6) is 0 Å². The number of aryl methyl sites for hydroxylation is 1. The van der Waals surface area contributed by atoms with Crippen LogP contribution in [0.15, 0.2) is 104 Å². The second kappa shape index (κ2) is 7.31. The lowest BCUT2D eigenvalue weighted by atomic mass is 9.88. The zero-order chi connectivity index (χ0) is 20.7. The first-order chi connectivity index (χ1) is 14.7. The Bertz CT molecular complexity index is 1440. The maximum absolute atomic E-state index is 4.03. The van der Waals surface area contributed by atoms with Crippen LogP contribution in [0.25, 0.3) is 49.0 Å². The Hall–Kier alpha value is -3.64. The molecule has 0 saturated carbocycles. The van der Waals surface area contributed by atoms with E-state index >= 15 is 0 Å². The fourth-order valence-corrected chi connectivity index (χ4v) is 4.57. The van der Waals surface area contributed by atoms with Crippen molar-refractivity contribution in [3.05, 3.63) is 115 Å². The normalized spacial score (nSPS) is 12.5. The number of rotatable bonds is 4. The van der Waals surface area contributed by atoms with Crippen molar-refractivity contribution in [2.75, 3.05) is 0 Å². The van der Waals surface area contributed by atoms with E-state index < -0.39 is 0 Å². The second-order valence-corrected chi connectivity index (χ2v) is 7.91. The summed E-state index contributed by atoms with van der Waals surface area (Å²) in [5, 5.41) is 7.94. The average Bonchev–Trinajstić information content (AvgIpc) is 2.77. The molecule has 0 aliphatic rings. The third kappa shape index (κ3) is 2.93. The predicted octanol–water partition coefficient (Wildman–Crippen LogP) is 8.70. The zero-order valence-corrected chi connectivity index (χ0v) is 17.4. The molecular weight excluding hydrogens is 360 g/mol. The molecule has 30 heavy (non-hydrogen) atoms. The van der Waals surface area contributed by atoms with Crippen molar-refractivity contribution in [1.29, 1.82) is 0 Å². The summed E-state index contributed by atoms with van der Waals surface area (Å²) in [7, 11) is 0. The Morgan fingerprint density at radius 3 is 2.23 bits per heavy atom. The van der Waals surface area contributed by atoms with E-state index in [0.717, 1.165) is 5.57 Å². The van der Waals surface area contributed by atoms with Crippen LogP contribution in [0, 0.1) is 6.92 Å². The van der Waals surface area contributed by atoms with Crippen molar-refractivity contribution in [1.82, 2.24) is 0 Å². The number of hydrogen-bond donors (Lipinski definition) is 0. The van der Waals surface area contributed by atoms with Gasteiger partial charge in [-0.1, -0.05) is 97.6 Å². The van der Waals surface area contributed by atoms with Gasteiger partial charge in [0.05, 0.1) is 0 Å². The van der Waals surface area contributed by atoms with E-state index in [9.17, 15) is 0 Å². The largest absolute Gasteiger partial charge is 0.0984 e. The minimum absolute atomic E-state index is 1.13. The molecule has 0 bridgehead atoms. The molecule has 5 aromatic rings. The van der Waals surface area contributed by atoms with E-state index in [2.05, 4.69) is 98.5 Å². The quantitative estimate of drug-likeness (QED) is 0.215. The Labute approximate surface area is 177 Å². The molecule has 0 nitrogen and oxygen atoms in total. The molecule has 5 aromatic carbocycles. The van der Waals surface area contributed by atoms with Gasteiger partial charge in [-0.05, 0) is 80.1 Å². The maximum Gasteiger partial charge on any atom is -0.00206 e. The first-order valence-electron chi connectivity index (χ1n) is 10.4. The molecule has 0 heterocycles. The van der Waals surface area contributed by atoms with Gasteiger partial charge in [0.2, 0.25) is 0 Å². The molecule has 0 N–H and O–H groups in total. The van der Waals surface area contributed by atoms with Gasteiger partial charge in [0, 0.05) is 0 Å². The summed E-state index contributed by atoms with van der Waals surface area (Å²) in [6, 6.07) is 26.9. The molecule has 0 aliphatic heterocycles. The first-order valence-corrected chi connectivity index (χ1v) is 10.4. The van der Waals surface area contributed by atoms with Crippen molar-refractivity contribution < 1.29 is 0 Å². The molecule has 0 aromatic heterocycles. The predicted molar refractivity (Wildman–Crippen MR) is 133 cm³/mol. The van der Waals surface area contributed by atoms with Gasteiger partial charge in [0.15, 0.2) is 0 Å². The Balaban J connectivity index is 1.81. The summed E-state index contributed by atoms with van der Waals surface area (Å²) in [5.41, 5.74) is 6.11. The van der Waals surface area contributed by atoms with Gasteiger partial charge < -0.3 is 0 Å². The molecule has 0 radical (unpaired) electrons. The fraction of sp³-hybridized carbons (Fsp3) is 0.0667. The zero-order valence-electron chi connectivity index (χ0n) is 17.4. The average molecular weight is 385 g/mol. The van der Waals surface area contributed by atoms with Gasteiger partial charge in [-0.15, -0.1) is 0 Å². The highest BCUT2D eigenvalue weighted by molar-refractivity contribution is 6.25. The third-order valence-corrected chi connectivity index (χ3v) is 5.94. The lowest BCUT2D eigenvalue weighted by molar-refractivity contribution is 1.45. The molecular formula is C30H24. The molecule has 144 valence electrons. The van der Waals surface area contributed by atoms with E-state index in [1.807, 2.05) is 19.1 Å². The van der Waals surface area contributed by atoms with Crippen molar-refractivity contribution in [2.45, 2.75) is 13.8 Å². The lowest BCUT2D eigenvalue weighted by Gasteiger charge is -2.15. The van der Waals surface area contributed by atoms with E-state index in [-0.39, 0.29) is 0 Å². The van der Waals surface area contributed by atoms with Crippen LogP contribution >= 0.6 is 0 Å². The van der Waals surface area contributed by atoms with Crippen LogP contribution in [0.4, 0.5) is 0 Å². The van der Waals surface area contributed by atoms with E-state index in [4.69, 9.17) is 0 Å². The van der Waals surface area contributed by atoms with Gasteiger partial charge >= 0.3 is 0 Å². The minimum atomic E-state index is 1.13. The molecule has 0 unspecified atom stereocenters. The van der Waals surface area contributed by atoms with Crippen molar-refractivity contribution >= 4 is 37.9 Å². The Morgan fingerprint density at radius 1 is 0.800 bits per heavy atom. The van der Waals surface area contributed by atoms with Crippen LogP contribution in [-0.2, 0) is 0 Å². The van der Waals surface area contributed by atoms with E-state index in [1.165, 1.54) is 54.6 Å². The second-order valence-electron chi connectivity index (χ2n) is 7.91. The standard InChI is InChI=1S/C30H24/c1-4-6-8-21(5-2)25-17-20(3)18-26(19-25)27-15-13-24-12-11-22-9-7-10-23-14-16-28(27)30(24)29(22)23/h4-19H,2H2,1,3H3/b6-4-,21-8+. The highest BCUT2D eigenvalue weighted by atomic mass is 14.2. The van der Waals surface area contributed by atoms with Gasteiger partial charge in [-0.25, -0.2) is 0 Å². The SMILES string of the molecule is C=C/C(=C\C=C/C)c1cc(C)cc(-c2ccc3ccc4cccc5ccc2c3c45)c1. The monoisotopic (exact) mass is 384 g/mol. The van der Waals surface area contributed by atoms with E-state index in [0.29, 0.717) is 0 Å². The van der Waals surface area contributed by atoms with Crippen molar-refractivity contribution in [2.24, 2.45) is 0 Å². The van der Waals surface area contributed by atoms with Crippen LogP contribution in [0.1, 0.15) is 18.1 Å². The van der Waals surface area contributed by atoms with Crippen LogP contribution in [0.3, 0.4) is 0 Å². The van der Waals surface area contributed by atoms with Crippen molar-refractivity contribution in [3.8, 4) is 11.1 Å². The minimum Gasteiger partial charge on any atom is -0.0984 e. The van der Waals surface area contributed by atoms with Crippen LogP contribution in [0.2, 0.25) is 0 Å². The summed E-state index contributed by atoms with van der Waals surface area (Å²) < 4.78 is 0. The summed E-state index contributed by atoms with van der Waals surface area (Å²) in [4.78, 5) is 0. The van der Waals surface area contributed by atoms with Crippen molar-refractivity contribution in [3.63, 3.8) is 0 Å². The first kappa shape index (κ1) is 18.4. The maximum atomic E-state index is 4.03. The number of allylic oxidation sites excluding steroid dienone is 5. The molecule has 0 aliphatic carbocycles. The molecule has 0 amide bonds. The topological polar surface area (TPSA) is 0 Å². The molecule has 5 rings (SSSR count). The van der Waals surface area contributed by atoms with Gasteiger partial charge in [0.1, 0.15) is 0 Å². The molecule has 0 saturated heterocycles. The Kier molecular flexibility index (Phi) is 4.48. The summed E-state index contributed by atoms with van der Waals surface area (Å²) in [6.45, 7) is 8.22. The van der Waals surface area contributed by atoms with Crippen LogP contribution < -0.4 is 0 Å². The molecule has 0 atom stereocenters. The highest BCUT2D eigenvalue weighted by Gasteiger charge is 2.12. The van der Waals surface area contributed by atoms with E-state index in [1.54, 1.807) is 0 Å². The van der Waals surface area contributed by atoms with Crippen LogP contribution in [-0.4, -0.2) is 0 Å². The number of benzene rings is 5. The lowest BCUT2D eigenvalue weighted by Crippen LogP contribution is -1.90. The molecule has 0 spiro atoms.